The molecule has 0 bridgehead atoms. The summed E-state index contributed by atoms with van der Waals surface area (Å²) in [6, 6.07) is -0.0101. The minimum atomic E-state index is -0.591. The second-order valence-corrected chi connectivity index (χ2v) is 4.96. The average Bonchev–Trinajstić information content (AvgIpc) is 2.81. The molecule has 8 nitrogen and oxygen atoms in total. The summed E-state index contributed by atoms with van der Waals surface area (Å²) < 4.78 is 1.37. The van der Waals surface area contributed by atoms with E-state index >= 15 is 0 Å². The number of hydrogen-bond donors (Lipinski definition) is 1. The largest absolute Gasteiger partial charge is 0.392 e. The number of carbonyl (C=O) groups excluding carboxylic acids is 1. The van der Waals surface area contributed by atoms with E-state index in [0.29, 0.717) is 0 Å². The maximum Gasteiger partial charge on any atom is 0.306 e. The smallest absolute Gasteiger partial charge is 0.306 e. The molecule has 0 saturated heterocycles. The zero-order valence-corrected chi connectivity index (χ0v) is 11.9. The second-order valence-electron chi connectivity index (χ2n) is 4.96. The predicted molar refractivity (Wildman–Crippen MR) is 72.0 cm³/mol. The number of nitrogens with zero attached hydrogens (tertiary/aromatic N) is 4. The van der Waals surface area contributed by atoms with Crippen LogP contribution in [0.3, 0.4) is 0 Å². The molecule has 0 aliphatic rings. The number of amides is 1. The number of aliphatic hydroxyl groups excluding tert-OH is 1. The second kappa shape index (κ2) is 6.99. The molecule has 0 aliphatic carbocycles. The molecule has 1 amide bonds. The fourth-order valence-corrected chi connectivity index (χ4v) is 1.81. The zero-order chi connectivity index (χ0) is 15.3. The lowest BCUT2D eigenvalue weighted by Gasteiger charge is -2.28. The molecule has 1 rings (SSSR count). The van der Waals surface area contributed by atoms with Gasteiger partial charge in [-0.05, 0) is 20.8 Å². The fourth-order valence-electron chi connectivity index (χ4n) is 1.81. The summed E-state index contributed by atoms with van der Waals surface area (Å²) in [7, 11) is 0. The van der Waals surface area contributed by atoms with Crippen molar-refractivity contribution in [2.45, 2.75) is 45.9 Å². The molecule has 1 aromatic rings. The minimum Gasteiger partial charge on any atom is -0.392 e. The van der Waals surface area contributed by atoms with Gasteiger partial charge in [-0.2, -0.15) is 5.10 Å². The highest BCUT2D eigenvalue weighted by molar-refractivity contribution is 5.76. The van der Waals surface area contributed by atoms with Gasteiger partial charge in [-0.15, -0.1) is 0 Å². The summed E-state index contributed by atoms with van der Waals surface area (Å²) in [6.07, 6.45) is 2.04. The number of hydrogen-bond acceptors (Lipinski definition) is 5. The molecule has 0 radical (unpaired) electrons. The monoisotopic (exact) mass is 284 g/mol. The van der Waals surface area contributed by atoms with Crippen LogP contribution in [0.1, 0.15) is 27.2 Å². The Morgan fingerprint density at radius 2 is 2.20 bits per heavy atom. The third kappa shape index (κ3) is 4.61. The summed E-state index contributed by atoms with van der Waals surface area (Å²) in [5.41, 5.74) is -0.0952. The summed E-state index contributed by atoms with van der Waals surface area (Å²) >= 11 is 0. The van der Waals surface area contributed by atoms with Crippen molar-refractivity contribution in [1.82, 2.24) is 14.7 Å². The maximum atomic E-state index is 12.1. The number of carbonyl (C=O) groups is 1. The van der Waals surface area contributed by atoms with Crippen LogP contribution in [0.5, 0.6) is 0 Å². The van der Waals surface area contributed by atoms with E-state index in [1.54, 1.807) is 11.8 Å². The molecule has 0 aromatic carbocycles. The van der Waals surface area contributed by atoms with E-state index in [1.165, 1.54) is 10.9 Å². The maximum absolute atomic E-state index is 12.1. The van der Waals surface area contributed by atoms with Gasteiger partial charge in [0.25, 0.3) is 0 Å². The number of rotatable bonds is 7. The van der Waals surface area contributed by atoms with Crippen LogP contribution in [0.2, 0.25) is 0 Å². The van der Waals surface area contributed by atoms with Crippen molar-refractivity contribution in [3.8, 4) is 0 Å². The van der Waals surface area contributed by atoms with Gasteiger partial charge < -0.3 is 10.0 Å². The van der Waals surface area contributed by atoms with Crippen molar-refractivity contribution in [2.75, 3.05) is 6.54 Å². The van der Waals surface area contributed by atoms with Crippen LogP contribution in [0.15, 0.2) is 12.4 Å². The molecule has 0 spiro atoms. The minimum absolute atomic E-state index is 0.0101. The van der Waals surface area contributed by atoms with Crippen LogP contribution >= 0.6 is 0 Å². The molecule has 112 valence electrons. The highest BCUT2D eigenvalue weighted by Gasteiger charge is 2.19. The molecule has 1 unspecified atom stereocenters. The number of nitro groups is 1. The molecule has 8 heteroatoms. The van der Waals surface area contributed by atoms with Crippen molar-refractivity contribution in [3.63, 3.8) is 0 Å². The van der Waals surface area contributed by atoms with Crippen LogP contribution in [-0.2, 0) is 11.3 Å². The molecule has 0 fully saturated rings. The van der Waals surface area contributed by atoms with Crippen molar-refractivity contribution in [1.29, 1.82) is 0 Å². The van der Waals surface area contributed by atoms with Crippen molar-refractivity contribution in [3.05, 3.63) is 22.5 Å². The summed E-state index contributed by atoms with van der Waals surface area (Å²) in [4.78, 5) is 23.7. The lowest BCUT2D eigenvalue weighted by atomic mass is 10.2. The van der Waals surface area contributed by atoms with Crippen LogP contribution in [0.4, 0.5) is 5.69 Å². The molecule has 1 aromatic heterocycles. The van der Waals surface area contributed by atoms with Crippen LogP contribution in [0.25, 0.3) is 0 Å². The van der Waals surface area contributed by atoms with Crippen LogP contribution in [0, 0.1) is 10.1 Å². The molecule has 0 saturated carbocycles. The van der Waals surface area contributed by atoms with Gasteiger partial charge in [-0.3, -0.25) is 19.6 Å². The normalized spacial score (nSPS) is 12.4. The van der Waals surface area contributed by atoms with E-state index in [1.807, 2.05) is 13.8 Å². The highest BCUT2D eigenvalue weighted by atomic mass is 16.6. The van der Waals surface area contributed by atoms with Gasteiger partial charge in [0.15, 0.2) is 0 Å². The van der Waals surface area contributed by atoms with Gasteiger partial charge in [0.1, 0.15) is 12.4 Å². The topological polar surface area (TPSA) is 102 Å². The van der Waals surface area contributed by atoms with Gasteiger partial charge in [-0.1, -0.05) is 0 Å². The van der Waals surface area contributed by atoms with Gasteiger partial charge in [0, 0.05) is 25.6 Å². The standard InChI is InChI=1S/C12H20N4O4/c1-9(2)15(7-10(3)17)12(18)4-5-14-8-11(6-13-14)16(19)20/h6,8-10,17H,4-5,7H2,1-3H3. The van der Waals surface area contributed by atoms with Crippen molar-refractivity contribution >= 4 is 11.6 Å². The number of aromatic nitrogens is 2. The Hall–Kier alpha value is -1.96. The fraction of sp³-hybridized carbons (Fsp3) is 0.667. The van der Waals surface area contributed by atoms with Crippen molar-refractivity contribution in [2.24, 2.45) is 0 Å². The SMILES string of the molecule is CC(O)CN(C(=O)CCn1cc([N+](=O)[O-])cn1)C(C)C. The van der Waals surface area contributed by atoms with E-state index < -0.39 is 11.0 Å². The molecule has 0 aliphatic heterocycles. The Morgan fingerprint density at radius 1 is 1.55 bits per heavy atom. The predicted octanol–water partition coefficient (Wildman–Crippen LogP) is 0.799. The van der Waals surface area contributed by atoms with E-state index in [2.05, 4.69) is 5.10 Å². The molecular weight excluding hydrogens is 264 g/mol. The molecule has 1 atom stereocenters. The highest BCUT2D eigenvalue weighted by Crippen LogP contribution is 2.09. The third-order valence-corrected chi connectivity index (χ3v) is 2.79. The Kier molecular flexibility index (Phi) is 5.63. The van der Waals surface area contributed by atoms with E-state index in [9.17, 15) is 20.0 Å². The number of aryl methyl sites for hydroxylation is 1. The average molecular weight is 284 g/mol. The van der Waals surface area contributed by atoms with Gasteiger partial charge >= 0.3 is 5.69 Å². The molecule has 1 N–H and O–H groups in total. The van der Waals surface area contributed by atoms with Gasteiger partial charge in [-0.25, -0.2) is 0 Å². The molecule has 20 heavy (non-hydrogen) atoms. The van der Waals surface area contributed by atoms with Crippen LogP contribution in [-0.4, -0.2) is 49.3 Å². The summed E-state index contributed by atoms with van der Waals surface area (Å²) in [6.45, 7) is 5.92. The van der Waals surface area contributed by atoms with E-state index in [0.717, 1.165) is 6.20 Å². The third-order valence-electron chi connectivity index (χ3n) is 2.79. The lowest BCUT2D eigenvalue weighted by molar-refractivity contribution is -0.385. The first-order chi connectivity index (χ1) is 9.31. The lowest BCUT2D eigenvalue weighted by Crippen LogP contribution is -2.41. The first-order valence-electron chi connectivity index (χ1n) is 6.45. The first-order valence-corrected chi connectivity index (χ1v) is 6.45. The quantitative estimate of drug-likeness (QED) is 0.589. The van der Waals surface area contributed by atoms with Crippen molar-refractivity contribution < 1.29 is 14.8 Å². The summed E-state index contributed by atoms with van der Waals surface area (Å²) in [5, 5.41) is 23.7. The molecule has 1 heterocycles. The Morgan fingerprint density at radius 3 is 2.65 bits per heavy atom. The van der Waals surface area contributed by atoms with E-state index in [4.69, 9.17) is 0 Å². The molecular formula is C12H20N4O4. The van der Waals surface area contributed by atoms with Gasteiger partial charge in [0.05, 0.1) is 11.0 Å². The summed E-state index contributed by atoms with van der Waals surface area (Å²) in [5.74, 6) is -0.112. The first kappa shape index (κ1) is 16.1. The Balaban J connectivity index is 2.57. The number of aliphatic hydroxyl groups is 1. The van der Waals surface area contributed by atoms with Gasteiger partial charge in [0.2, 0.25) is 5.91 Å². The Bertz CT molecular complexity index is 470. The zero-order valence-electron chi connectivity index (χ0n) is 11.9. The van der Waals surface area contributed by atoms with E-state index in [-0.39, 0.29) is 37.1 Å². The van der Waals surface area contributed by atoms with Crippen LogP contribution < -0.4 is 0 Å². The Labute approximate surface area is 117 Å².